The molecule has 0 heterocycles. The van der Waals surface area contributed by atoms with Gasteiger partial charge in [0, 0.05) is 12.0 Å². The molecule has 0 unspecified atom stereocenters. The molecular formula is C24H32O. The lowest BCUT2D eigenvalue weighted by Gasteiger charge is -2.20. The fraction of sp³-hybridized carbons (Fsp3) is 0.458. The summed E-state index contributed by atoms with van der Waals surface area (Å²) in [6, 6.07) is 14.6. The van der Waals surface area contributed by atoms with Crippen molar-refractivity contribution in [1.29, 1.82) is 0 Å². The summed E-state index contributed by atoms with van der Waals surface area (Å²) in [4.78, 5) is 12.9. The molecule has 0 bridgehead atoms. The first kappa shape index (κ1) is 19.4. The SMILES string of the molecule is CC(C)c1cccc(C(C)C)c1CC(=O)c1ccc(C(C)(C)C)cc1. The lowest BCUT2D eigenvalue weighted by Crippen LogP contribution is -2.13. The van der Waals surface area contributed by atoms with Crippen LogP contribution in [0.4, 0.5) is 0 Å². The number of hydrogen-bond acceptors (Lipinski definition) is 1. The second-order valence-electron chi connectivity index (χ2n) is 8.65. The number of hydrogen-bond donors (Lipinski definition) is 0. The van der Waals surface area contributed by atoms with E-state index in [4.69, 9.17) is 0 Å². The number of rotatable bonds is 5. The van der Waals surface area contributed by atoms with Crippen molar-refractivity contribution in [3.8, 4) is 0 Å². The second kappa shape index (κ2) is 7.56. The van der Waals surface area contributed by atoms with E-state index in [0.29, 0.717) is 18.3 Å². The van der Waals surface area contributed by atoms with Gasteiger partial charge in [-0.3, -0.25) is 4.79 Å². The molecule has 0 radical (unpaired) electrons. The average molecular weight is 337 g/mol. The highest BCUT2D eigenvalue weighted by Crippen LogP contribution is 2.29. The number of benzene rings is 2. The molecule has 2 aromatic rings. The van der Waals surface area contributed by atoms with Crippen LogP contribution in [0.3, 0.4) is 0 Å². The summed E-state index contributed by atoms with van der Waals surface area (Å²) in [6.07, 6.45) is 0.483. The Bertz CT molecular complexity index is 701. The van der Waals surface area contributed by atoms with Crippen LogP contribution >= 0.6 is 0 Å². The zero-order valence-electron chi connectivity index (χ0n) is 16.8. The van der Waals surface area contributed by atoms with Gasteiger partial charge in [0.05, 0.1) is 0 Å². The van der Waals surface area contributed by atoms with Crippen LogP contribution in [0.1, 0.15) is 92.9 Å². The van der Waals surface area contributed by atoms with Crippen LogP contribution in [-0.4, -0.2) is 5.78 Å². The first-order valence-electron chi connectivity index (χ1n) is 9.36. The summed E-state index contributed by atoms with van der Waals surface area (Å²) in [5, 5.41) is 0. The van der Waals surface area contributed by atoms with Crippen molar-refractivity contribution in [2.24, 2.45) is 0 Å². The normalized spacial score (nSPS) is 12.0. The number of carbonyl (C=O) groups excluding carboxylic acids is 1. The van der Waals surface area contributed by atoms with E-state index in [2.05, 4.69) is 78.8 Å². The van der Waals surface area contributed by atoms with Crippen molar-refractivity contribution in [1.82, 2.24) is 0 Å². The van der Waals surface area contributed by atoms with Crippen LogP contribution in [0.5, 0.6) is 0 Å². The van der Waals surface area contributed by atoms with E-state index < -0.39 is 0 Å². The molecule has 25 heavy (non-hydrogen) atoms. The predicted molar refractivity (Wildman–Crippen MR) is 108 cm³/mol. The lowest BCUT2D eigenvalue weighted by molar-refractivity contribution is 0.0992. The molecule has 0 aliphatic rings. The van der Waals surface area contributed by atoms with Crippen molar-refractivity contribution in [3.05, 3.63) is 70.3 Å². The van der Waals surface area contributed by atoms with Crippen molar-refractivity contribution in [3.63, 3.8) is 0 Å². The minimum Gasteiger partial charge on any atom is -0.294 e. The predicted octanol–water partition coefficient (Wildman–Crippen LogP) is 6.66. The van der Waals surface area contributed by atoms with Gasteiger partial charge in [-0.05, 0) is 39.5 Å². The smallest absolute Gasteiger partial charge is 0.167 e. The van der Waals surface area contributed by atoms with Crippen molar-refractivity contribution >= 4 is 5.78 Å². The molecule has 0 aliphatic carbocycles. The number of ketones is 1. The molecule has 0 aromatic heterocycles. The Balaban J connectivity index is 2.34. The largest absolute Gasteiger partial charge is 0.294 e. The Hall–Kier alpha value is -1.89. The van der Waals surface area contributed by atoms with Gasteiger partial charge in [-0.2, -0.15) is 0 Å². The topological polar surface area (TPSA) is 17.1 Å². The molecule has 0 saturated carbocycles. The maximum atomic E-state index is 12.9. The third kappa shape index (κ3) is 4.60. The summed E-state index contributed by atoms with van der Waals surface area (Å²) < 4.78 is 0. The highest BCUT2D eigenvalue weighted by molar-refractivity contribution is 5.98. The Morgan fingerprint density at radius 3 is 1.72 bits per heavy atom. The van der Waals surface area contributed by atoms with E-state index >= 15 is 0 Å². The highest BCUT2D eigenvalue weighted by Gasteiger charge is 2.18. The van der Waals surface area contributed by atoms with Crippen molar-refractivity contribution < 1.29 is 4.79 Å². The standard InChI is InChI=1S/C24H32O/c1-16(2)20-9-8-10-21(17(3)4)22(20)15-23(25)18-11-13-19(14-12-18)24(5,6)7/h8-14,16-17H,15H2,1-7H3. The molecule has 134 valence electrons. The Labute approximate surface area is 153 Å². The summed E-state index contributed by atoms with van der Waals surface area (Å²) in [6.45, 7) is 15.4. The summed E-state index contributed by atoms with van der Waals surface area (Å²) in [7, 11) is 0. The first-order valence-corrected chi connectivity index (χ1v) is 9.36. The Morgan fingerprint density at radius 2 is 1.32 bits per heavy atom. The molecule has 0 spiro atoms. The van der Waals surface area contributed by atoms with Gasteiger partial charge in [0.1, 0.15) is 0 Å². The van der Waals surface area contributed by atoms with Crippen molar-refractivity contribution in [2.75, 3.05) is 0 Å². The highest BCUT2D eigenvalue weighted by atomic mass is 16.1. The summed E-state index contributed by atoms with van der Waals surface area (Å²) in [5.74, 6) is 1.05. The lowest BCUT2D eigenvalue weighted by atomic mass is 9.84. The van der Waals surface area contributed by atoms with Crippen LogP contribution in [0.2, 0.25) is 0 Å². The van der Waals surface area contributed by atoms with Crippen LogP contribution in [0.25, 0.3) is 0 Å². The van der Waals surface area contributed by atoms with Gasteiger partial charge in [-0.1, -0.05) is 90.9 Å². The average Bonchev–Trinajstić information content (AvgIpc) is 2.53. The van der Waals surface area contributed by atoms with Crippen LogP contribution < -0.4 is 0 Å². The maximum absolute atomic E-state index is 12.9. The fourth-order valence-corrected chi connectivity index (χ4v) is 3.33. The number of carbonyl (C=O) groups is 1. The molecule has 1 nitrogen and oxygen atoms in total. The zero-order chi connectivity index (χ0) is 18.8. The van der Waals surface area contributed by atoms with E-state index in [1.54, 1.807) is 0 Å². The van der Waals surface area contributed by atoms with Crippen LogP contribution in [0.15, 0.2) is 42.5 Å². The van der Waals surface area contributed by atoms with Gasteiger partial charge < -0.3 is 0 Å². The minimum atomic E-state index is 0.108. The van der Waals surface area contributed by atoms with E-state index in [0.717, 1.165) is 5.56 Å². The van der Waals surface area contributed by atoms with E-state index in [1.807, 2.05) is 12.1 Å². The van der Waals surface area contributed by atoms with Crippen LogP contribution in [0, 0.1) is 0 Å². The Kier molecular flexibility index (Phi) is 5.87. The fourth-order valence-electron chi connectivity index (χ4n) is 3.33. The molecule has 0 N–H and O–H groups in total. The first-order chi connectivity index (χ1) is 11.6. The van der Waals surface area contributed by atoms with Gasteiger partial charge in [0.2, 0.25) is 0 Å². The van der Waals surface area contributed by atoms with Gasteiger partial charge >= 0.3 is 0 Å². The number of Topliss-reactive ketones (excluding diaryl/α,β-unsaturated/α-hetero) is 1. The molecule has 0 saturated heterocycles. The van der Waals surface area contributed by atoms with Gasteiger partial charge in [-0.25, -0.2) is 0 Å². The molecule has 2 aromatic carbocycles. The van der Waals surface area contributed by atoms with E-state index in [-0.39, 0.29) is 11.2 Å². The second-order valence-corrected chi connectivity index (χ2v) is 8.65. The maximum Gasteiger partial charge on any atom is 0.167 e. The molecule has 0 atom stereocenters. The van der Waals surface area contributed by atoms with E-state index in [1.165, 1.54) is 22.3 Å². The van der Waals surface area contributed by atoms with Gasteiger partial charge in [0.15, 0.2) is 5.78 Å². The third-order valence-electron chi connectivity index (χ3n) is 4.90. The minimum absolute atomic E-state index is 0.108. The van der Waals surface area contributed by atoms with Crippen LogP contribution in [-0.2, 0) is 11.8 Å². The Morgan fingerprint density at radius 1 is 0.840 bits per heavy atom. The van der Waals surface area contributed by atoms with Crippen molar-refractivity contribution in [2.45, 2.75) is 72.1 Å². The summed E-state index contributed by atoms with van der Waals surface area (Å²) in [5.41, 5.74) is 5.99. The van der Waals surface area contributed by atoms with Gasteiger partial charge in [0.25, 0.3) is 0 Å². The molecule has 0 aliphatic heterocycles. The molecule has 0 fully saturated rings. The van der Waals surface area contributed by atoms with Gasteiger partial charge in [-0.15, -0.1) is 0 Å². The zero-order valence-corrected chi connectivity index (χ0v) is 16.8. The molecule has 0 amide bonds. The molecule has 2 rings (SSSR count). The molecular weight excluding hydrogens is 304 g/mol. The third-order valence-corrected chi connectivity index (χ3v) is 4.90. The van der Waals surface area contributed by atoms with E-state index in [9.17, 15) is 4.79 Å². The molecule has 1 heteroatoms. The monoisotopic (exact) mass is 336 g/mol. The summed E-state index contributed by atoms with van der Waals surface area (Å²) >= 11 is 0. The quantitative estimate of drug-likeness (QED) is 0.558.